The second-order valence-corrected chi connectivity index (χ2v) is 12.6. The lowest BCUT2D eigenvalue weighted by atomic mass is 9.79. The molecule has 2 atom stereocenters. The number of nitrogens with one attached hydrogen (secondary N) is 1. The summed E-state index contributed by atoms with van der Waals surface area (Å²) in [6.45, 7) is 7.06. The molecule has 1 aliphatic heterocycles. The van der Waals surface area contributed by atoms with Crippen LogP contribution in [0.15, 0.2) is 47.0 Å². The molecule has 2 aromatic carbocycles. The number of rotatable bonds is 18. The Kier molecular flexibility index (Phi) is 13.9. The van der Waals surface area contributed by atoms with Crippen molar-refractivity contribution in [2.75, 3.05) is 60.8 Å². The average Bonchev–Trinajstić information content (AvgIpc) is 3.58. The molecule has 0 aliphatic carbocycles. The van der Waals surface area contributed by atoms with Crippen molar-refractivity contribution in [2.45, 2.75) is 45.7 Å². The molecule has 4 rings (SSSR count). The van der Waals surface area contributed by atoms with Gasteiger partial charge in [0.15, 0.2) is 25.0 Å². The monoisotopic (exact) mass is 716 g/mol. The lowest BCUT2D eigenvalue weighted by Gasteiger charge is -2.44. The Bertz CT molecular complexity index is 1610. The first kappa shape index (κ1) is 38.8. The summed E-state index contributed by atoms with van der Waals surface area (Å²) in [7, 11) is 3.09. The smallest absolute Gasteiger partial charge is 0.407 e. The molecule has 51 heavy (non-hydrogen) atoms. The second-order valence-electron chi connectivity index (χ2n) is 12.6. The van der Waals surface area contributed by atoms with Gasteiger partial charge in [0.05, 0.1) is 31.4 Å². The molecule has 0 spiro atoms. The van der Waals surface area contributed by atoms with E-state index in [9.17, 15) is 24.8 Å². The van der Waals surface area contributed by atoms with Gasteiger partial charge in [0.2, 0.25) is 0 Å². The van der Waals surface area contributed by atoms with Gasteiger partial charge < -0.3 is 53.0 Å². The summed E-state index contributed by atoms with van der Waals surface area (Å²) in [6.07, 6.45) is -0.137. The molecule has 17 nitrogen and oxygen atoms in total. The molecule has 3 aromatic rings. The molecule has 0 bridgehead atoms. The van der Waals surface area contributed by atoms with E-state index in [0.29, 0.717) is 26.1 Å². The van der Waals surface area contributed by atoms with Gasteiger partial charge in [-0.05, 0) is 30.4 Å². The van der Waals surface area contributed by atoms with Crippen molar-refractivity contribution in [3.63, 3.8) is 0 Å². The number of nitrogens with zero attached hydrogens (tertiary/aromatic N) is 3. The largest absolute Gasteiger partial charge is 0.467 e. The van der Waals surface area contributed by atoms with Crippen molar-refractivity contribution >= 4 is 17.7 Å². The van der Waals surface area contributed by atoms with Crippen LogP contribution in [0, 0.1) is 15.5 Å². The molecule has 0 saturated carbocycles. The van der Waals surface area contributed by atoms with Crippen molar-refractivity contribution < 1.29 is 57.3 Å². The zero-order valence-corrected chi connectivity index (χ0v) is 29.2. The van der Waals surface area contributed by atoms with Crippen LogP contribution in [0.5, 0.6) is 23.0 Å². The molecule has 17 heteroatoms. The molecular weight excluding hydrogens is 672 g/mol. The Hall–Kier alpha value is -4.97. The minimum atomic E-state index is -0.996. The number of ether oxygens (including phenoxy) is 7. The van der Waals surface area contributed by atoms with Crippen molar-refractivity contribution in [3.05, 3.63) is 58.3 Å². The normalized spacial score (nSPS) is 16.1. The summed E-state index contributed by atoms with van der Waals surface area (Å²) in [5.74, 6) is 0.427. The van der Waals surface area contributed by atoms with E-state index in [1.165, 1.54) is 35.2 Å². The Morgan fingerprint density at radius 2 is 1.63 bits per heavy atom. The molecular formula is C34H44N4O13. The van der Waals surface area contributed by atoms with Crippen LogP contribution in [0.1, 0.15) is 44.1 Å². The predicted octanol–water partition coefficient (Wildman–Crippen LogP) is 5.33. The molecule has 2 amide bonds. The molecule has 1 aromatic heterocycles. The Morgan fingerprint density at radius 1 is 0.980 bits per heavy atom. The van der Waals surface area contributed by atoms with Gasteiger partial charge in [-0.2, -0.15) is 0 Å². The summed E-state index contributed by atoms with van der Waals surface area (Å²) < 4.78 is 44.7. The summed E-state index contributed by atoms with van der Waals surface area (Å²) in [5, 5.41) is 27.9. The van der Waals surface area contributed by atoms with Gasteiger partial charge in [-0.15, -0.1) is 0 Å². The highest BCUT2D eigenvalue weighted by molar-refractivity contribution is 5.93. The van der Waals surface area contributed by atoms with Crippen LogP contribution < -0.4 is 19.5 Å². The molecule has 1 aliphatic rings. The number of carbonyl (C=O) groups is 2. The number of likely N-dealkylation sites (tertiary alicyclic amines) is 1. The van der Waals surface area contributed by atoms with Crippen LogP contribution in [0.25, 0.3) is 11.3 Å². The van der Waals surface area contributed by atoms with Crippen LogP contribution in [0.4, 0.5) is 10.5 Å². The zero-order chi connectivity index (χ0) is 37.0. The summed E-state index contributed by atoms with van der Waals surface area (Å²) in [5.41, 5.74) is -0.268. The number of carbonyl (C=O) groups excluding carboxylic acids is 1. The average molecular weight is 717 g/mol. The van der Waals surface area contributed by atoms with E-state index < -0.39 is 16.9 Å². The van der Waals surface area contributed by atoms with E-state index in [1.54, 1.807) is 26.4 Å². The topological polar surface area (TPSA) is 203 Å². The van der Waals surface area contributed by atoms with Crippen LogP contribution in [0.2, 0.25) is 0 Å². The van der Waals surface area contributed by atoms with Crippen molar-refractivity contribution in [1.82, 2.24) is 15.4 Å². The van der Waals surface area contributed by atoms with Gasteiger partial charge in [-0.25, -0.2) is 4.79 Å². The highest BCUT2D eigenvalue weighted by atomic mass is 16.7. The highest BCUT2D eigenvalue weighted by Crippen LogP contribution is 2.44. The van der Waals surface area contributed by atoms with Gasteiger partial charge >= 0.3 is 6.09 Å². The molecule has 2 unspecified atom stereocenters. The Morgan fingerprint density at radius 3 is 2.24 bits per heavy atom. The number of methoxy groups -OCH3 is 2. The maximum absolute atomic E-state index is 13.4. The Labute approximate surface area is 294 Å². The standard InChI is InChI=1S/C34H44N4O13/c1-34(2,3)30-16-22(10-11-37(30)33(40)41)35-32(39)26-19-29(51-36-26)31-27(49-21-47-15-13-45-5)17-25(48-20-46-14-12-44-4)18-28(31)50-24-8-6-23(7-9-24)38(42)43/h6-9,17-19,22,30H,10-16,20-21H2,1-5H3,(H,35,39)(H,40,41). The molecule has 2 heterocycles. The number of piperidine rings is 1. The lowest BCUT2D eigenvalue weighted by Crippen LogP contribution is -2.56. The number of benzene rings is 2. The SMILES string of the molecule is COCCOCOc1cc(OCOCCOC)c(-c2cc(C(=O)NC3CCN(C(=O)O)C(C(C)(C)C)C3)no2)c(Oc2ccc([N+](=O)[O-])cc2)c1. The number of nitro groups is 1. The maximum atomic E-state index is 13.4. The number of nitro benzene ring substituents is 1. The van der Waals surface area contributed by atoms with E-state index >= 15 is 0 Å². The van der Waals surface area contributed by atoms with E-state index in [1.807, 2.05) is 20.8 Å². The first-order valence-electron chi connectivity index (χ1n) is 16.2. The van der Waals surface area contributed by atoms with Crippen molar-refractivity contribution in [3.8, 4) is 34.3 Å². The van der Waals surface area contributed by atoms with Gasteiger partial charge in [-0.3, -0.25) is 14.9 Å². The minimum absolute atomic E-state index is 0.0339. The fraction of sp³-hybridized carbons (Fsp3) is 0.500. The molecule has 278 valence electrons. The van der Waals surface area contributed by atoms with Gasteiger partial charge in [0.25, 0.3) is 11.6 Å². The highest BCUT2D eigenvalue weighted by Gasteiger charge is 2.39. The summed E-state index contributed by atoms with van der Waals surface area (Å²) >= 11 is 0. The zero-order valence-electron chi connectivity index (χ0n) is 29.2. The number of aromatic nitrogens is 1. The first-order valence-corrected chi connectivity index (χ1v) is 16.2. The fourth-order valence-electron chi connectivity index (χ4n) is 5.37. The first-order chi connectivity index (χ1) is 24.4. The second kappa shape index (κ2) is 18.3. The van der Waals surface area contributed by atoms with Crippen LogP contribution >= 0.6 is 0 Å². The Balaban J connectivity index is 1.65. The summed E-state index contributed by atoms with van der Waals surface area (Å²) in [6, 6.07) is 9.36. The predicted molar refractivity (Wildman–Crippen MR) is 180 cm³/mol. The number of carboxylic acid groups (broad SMARTS) is 1. The number of non-ortho nitro benzene ring substituents is 1. The lowest BCUT2D eigenvalue weighted by molar-refractivity contribution is -0.384. The van der Waals surface area contributed by atoms with Crippen LogP contribution in [-0.2, 0) is 18.9 Å². The number of hydrogen-bond donors (Lipinski definition) is 2. The molecule has 1 saturated heterocycles. The van der Waals surface area contributed by atoms with E-state index in [2.05, 4.69) is 10.5 Å². The minimum Gasteiger partial charge on any atom is -0.467 e. The van der Waals surface area contributed by atoms with Crippen molar-refractivity contribution in [2.24, 2.45) is 5.41 Å². The van der Waals surface area contributed by atoms with E-state index in [-0.39, 0.29) is 96.5 Å². The van der Waals surface area contributed by atoms with Gasteiger partial charge in [0.1, 0.15) is 28.6 Å². The third-order valence-electron chi connectivity index (χ3n) is 7.96. The fourth-order valence-corrected chi connectivity index (χ4v) is 5.37. The summed E-state index contributed by atoms with van der Waals surface area (Å²) in [4.78, 5) is 37.4. The van der Waals surface area contributed by atoms with Gasteiger partial charge in [0, 0.05) is 63.2 Å². The molecule has 2 N–H and O–H groups in total. The van der Waals surface area contributed by atoms with Crippen molar-refractivity contribution in [1.29, 1.82) is 0 Å². The molecule has 1 fully saturated rings. The van der Waals surface area contributed by atoms with Crippen LogP contribution in [-0.4, -0.2) is 105 Å². The third-order valence-corrected chi connectivity index (χ3v) is 7.96. The number of amides is 2. The number of hydrogen-bond acceptors (Lipinski definition) is 13. The van der Waals surface area contributed by atoms with Gasteiger partial charge in [-0.1, -0.05) is 25.9 Å². The van der Waals surface area contributed by atoms with E-state index in [4.69, 9.17) is 37.7 Å². The molecule has 0 radical (unpaired) electrons. The maximum Gasteiger partial charge on any atom is 0.407 e. The quantitative estimate of drug-likeness (QED) is 0.0740. The van der Waals surface area contributed by atoms with Crippen LogP contribution in [0.3, 0.4) is 0 Å². The third kappa shape index (κ3) is 11.0. The van der Waals surface area contributed by atoms with E-state index in [0.717, 1.165) is 0 Å².